The number of carbonyl (C=O) groups is 2. The predicted molar refractivity (Wildman–Crippen MR) is 113 cm³/mol. The highest BCUT2D eigenvalue weighted by molar-refractivity contribution is 9.13. The average molecular weight is 534 g/mol. The van der Waals surface area contributed by atoms with Crippen molar-refractivity contribution in [1.29, 1.82) is 0 Å². The number of phenolic OH excluding ortho intramolecular Hbond substituents is 1. The lowest BCUT2D eigenvalue weighted by atomic mass is 10.1. The van der Waals surface area contributed by atoms with Crippen molar-refractivity contribution in [3.05, 3.63) is 60.3 Å². The van der Waals surface area contributed by atoms with Crippen molar-refractivity contribution in [2.45, 2.75) is 6.54 Å². The monoisotopic (exact) mass is 531 g/mol. The summed E-state index contributed by atoms with van der Waals surface area (Å²) >= 11 is 13.7. The molecule has 0 aliphatic carbocycles. The molecule has 0 unspecified atom stereocenters. The second-order valence-corrected chi connectivity index (χ2v) is 8.54. The van der Waals surface area contributed by atoms with Gasteiger partial charge in [-0.05, 0) is 67.4 Å². The second-order valence-electron chi connectivity index (χ2n) is 5.50. The molecule has 0 radical (unpaired) electrons. The molecule has 1 saturated heterocycles. The van der Waals surface area contributed by atoms with Gasteiger partial charge >= 0.3 is 0 Å². The maximum absolute atomic E-state index is 12.7. The highest BCUT2D eigenvalue weighted by Crippen LogP contribution is 2.43. The number of carbonyl (C=O) groups excluding carboxylic acids is 2. The summed E-state index contributed by atoms with van der Waals surface area (Å²) in [5.41, 5.74) is 1.01. The Hall–Kier alpha value is -1.48. The van der Waals surface area contributed by atoms with Crippen LogP contribution < -0.4 is 4.74 Å². The highest BCUT2D eigenvalue weighted by Gasteiger charge is 2.35. The molecular weight excluding hydrogens is 522 g/mol. The Morgan fingerprint density at radius 1 is 1.30 bits per heavy atom. The molecule has 9 heteroatoms. The number of hydrogen-bond donors (Lipinski definition) is 1. The molecule has 0 aromatic heterocycles. The van der Waals surface area contributed by atoms with Crippen LogP contribution in [0.3, 0.4) is 0 Å². The third kappa shape index (κ3) is 4.03. The summed E-state index contributed by atoms with van der Waals surface area (Å²) in [4.78, 5) is 26.4. The molecule has 0 spiro atoms. The fourth-order valence-electron chi connectivity index (χ4n) is 2.46. The van der Waals surface area contributed by atoms with E-state index >= 15 is 0 Å². The smallest absolute Gasteiger partial charge is 0.293 e. The van der Waals surface area contributed by atoms with Crippen molar-refractivity contribution in [1.82, 2.24) is 4.90 Å². The van der Waals surface area contributed by atoms with E-state index < -0.39 is 11.1 Å². The third-order valence-electron chi connectivity index (χ3n) is 3.85. The van der Waals surface area contributed by atoms with Gasteiger partial charge in [0.15, 0.2) is 11.5 Å². The first-order chi connectivity index (χ1) is 12.8. The van der Waals surface area contributed by atoms with E-state index in [0.29, 0.717) is 25.1 Å². The third-order valence-corrected chi connectivity index (χ3v) is 7.14. The molecule has 1 aliphatic rings. The fourth-order valence-corrected chi connectivity index (χ4v) is 4.32. The summed E-state index contributed by atoms with van der Waals surface area (Å²) in [5, 5.41) is 10.5. The zero-order chi connectivity index (χ0) is 19.7. The number of aromatic hydroxyl groups is 1. The Morgan fingerprint density at radius 3 is 2.67 bits per heavy atom. The number of rotatable bonds is 4. The molecule has 0 saturated carbocycles. The van der Waals surface area contributed by atoms with Crippen molar-refractivity contribution < 1.29 is 19.4 Å². The number of thioether (sulfide) groups is 1. The number of hydrogen-bond acceptors (Lipinski definition) is 5. The van der Waals surface area contributed by atoms with Crippen LogP contribution in [0.4, 0.5) is 4.79 Å². The number of halogens is 3. The van der Waals surface area contributed by atoms with Gasteiger partial charge in [-0.1, -0.05) is 29.8 Å². The molecule has 27 heavy (non-hydrogen) atoms. The van der Waals surface area contributed by atoms with E-state index in [-0.39, 0.29) is 22.9 Å². The van der Waals surface area contributed by atoms with Crippen LogP contribution in [0, 0.1) is 0 Å². The normalized spacial score (nSPS) is 15.7. The van der Waals surface area contributed by atoms with Gasteiger partial charge in [-0.15, -0.1) is 0 Å². The van der Waals surface area contributed by atoms with Gasteiger partial charge < -0.3 is 9.84 Å². The lowest BCUT2D eigenvalue weighted by molar-refractivity contribution is -0.123. The van der Waals surface area contributed by atoms with Crippen molar-refractivity contribution in [3.8, 4) is 11.5 Å². The minimum Gasteiger partial charge on any atom is -0.504 e. The van der Waals surface area contributed by atoms with Crippen molar-refractivity contribution >= 4 is 72.4 Å². The number of ether oxygens (including phenoxy) is 1. The van der Waals surface area contributed by atoms with Crippen molar-refractivity contribution in [2.24, 2.45) is 0 Å². The van der Waals surface area contributed by atoms with Crippen molar-refractivity contribution in [3.63, 3.8) is 0 Å². The molecule has 5 nitrogen and oxygen atoms in total. The molecule has 0 bridgehead atoms. The van der Waals surface area contributed by atoms with E-state index in [9.17, 15) is 14.7 Å². The molecule has 2 amide bonds. The molecule has 1 heterocycles. The first-order valence-corrected chi connectivity index (χ1v) is 10.3. The number of amides is 2. The number of imide groups is 1. The van der Waals surface area contributed by atoms with Crippen LogP contribution in [-0.2, 0) is 11.3 Å². The summed E-state index contributed by atoms with van der Waals surface area (Å²) in [6.07, 6.45) is 1.46. The first-order valence-electron chi connectivity index (χ1n) is 7.57. The van der Waals surface area contributed by atoms with Gasteiger partial charge in [0.2, 0.25) is 0 Å². The number of benzene rings is 2. The maximum atomic E-state index is 12.7. The zero-order valence-corrected chi connectivity index (χ0v) is 18.6. The predicted octanol–water partition coefficient (Wildman–Crippen LogP) is 5.82. The van der Waals surface area contributed by atoms with Gasteiger partial charge in [0.05, 0.1) is 18.6 Å². The van der Waals surface area contributed by atoms with Crippen LogP contribution in [0.2, 0.25) is 5.02 Å². The van der Waals surface area contributed by atoms with Gasteiger partial charge in [0.25, 0.3) is 11.1 Å². The van der Waals surface area contributed by atoms with Gasteiger partial charge in [-0.2, -0.15) is 0 Å². The lowest BCUT2D eigenvalue weighted by Gasteiger charge is -2.13. The topological polar surface area (TPSA) is 66.8 Å². The summed E-state index contributed by atoms with van der Waals surface area (Å²) in [6.45, 7) is 0.0800. The Kier molecular flexibility index (Phi) is 6.20. The molecule has 0 atom stereocenters. The summed E-state index contributed by atoms with van der Waals surface area (Å²) in [5.74, 6) is -0.340. The quantitative estimate of drug-likeness (QED) is 0.502. The van der Waals surface area contributed by atoms with Gasteiger partial charge in [-0.3, -0.25) is 14.5 Å². The van der Waals surface area contributed by atoms with Crippen LogP contribution >= 0.6 is 55.2 Å². The Labute approximate surface area is 181 Å². The zero-order valence-electron chi connectivity index (χ0n) is 13.8. The van der Waals surface area contributed by atoms with Crippen LogP contribution in [0.25, 0.3) is 6.08 Å². The minimum absolute atomic E-state index is 0.0800. The fraction of sp³-hybridized carbons (Fsp3) is 0.111. The Morgan fingerprint density at radius 2 is 2.00 bits per heavy atom. The summed E-state index contributed by atoms with van der Waals surface area (Å²) in [6, 6.07) is 8.63. The van der Waals surface area contributed by atoms with Crippen LogP contribution in [0.5, 0.6) is 11.5 Å². The second kappa shape index (κ2) is 8.26. The molecular formula is C18H12Br2ClNO4S. The number of phenols is 1. The number of nitrogens with zero attached hydrogens (tertiary/aromatic N) is 1. The van der Waals surface area contributed by atoms with E-state index in [2.05, 4.69) is 31.9 Å². The van der Waals surface area contributed by atoms with Crippen LogP contribution in [0.1, 0.15) is 11.1 Å². The Balaban J connectivity index is 1.96. The van der Waals surface area contributed by atoms with Gasteiger partial charge in [0, 0.05) is 19.5 Å². The van der Waals surface area contributed by atoms with E-state index in [1.54, 1.807) is 30.3 Å². The molecule has 1 fully saturated rings. The minimum atomic E-state index is -0.449. The summed E-state index contributed by atoms with van der Waals surface area (Å²) < 4.78 is 6.31. The largest absolute Gasteiger partial charge is 0.504 e. The van der Waals surface area contributed by atoms with E-state index in [1.165, 1.54) is 13.2 Å². The average Bonchev–Trinajstić information content (AvgIpc) is 2.91. The summed E-state index contributed by atoms with van der Waals surface area (Å²) in [7, 11) is 1.43. The van der Waals surface area contributed by atoms with E-state index in [0.717, 1.165) is 16.7 Å². The molecule has 140 valence electrons. The van der Waals surface area contributed by atoms with E-state index in [4.69, 9.17) is 16.3 Å². The Bertz CT molecular complexity index is 980. The molecule has 1 aliphatic heterocycles. The SMILES string of the molecule is COc1cc(Br)c(Br)c(/C=C2\SC(=O)N(Cc3ccccc3Cl)C2=O)c1O. The standard InChI is InChI=1S/C18H12Br2ClNO4S/c1-26-13-7-11(19)15(20)10(16(13)23)6-14-17(24)22(18(25)27-14)8-9-4-2-3-5-12(9)21/h2-7,23H,8H2,1H3/b14-6-. The number of methoxy groups -OCH3 is 1. The first kappa shape index (κ1) is 20.3. The van der Waals surface area contributed by atoms with E-state index in [1.807, 2.05) is 0 Å². The molecule has 3 rings (SSSR count). The van der Waals surface area contributed by atoms with Gasteiger partial charge in [0.1, 0.15) is 0 Å². The highest BCUT2D eigenvalue weighted by atomic mass is 79.9. The molecule has 2 aromatic rings. The lowest BCUT2D eigenvalue weighted by Crippen LogP contribution is -2.27. The molecule has 1 N–H and O–H groups in total. The maximum Gasteiger partial charge on any atom is 0.293 e. The van der Waals surface area contributed by atoms with Crippen LogP contribution in [-0.4, -0.2) is 28.3 Å². The van der Waals surface area contributed by atoms with Gasteiger partial charge in [-0.25, -0.2) is 0 Å². The van der Waals surface area contributed by atoms with Crippen LogP contribution in [0.15, 0.2) is 44.2 Å². The molecule has 2 aromatic carbocycles. The van der Waals surface area contributed by atoms with Crippen molar-refractivity contribution in [2.75, 3.05) is 7.11 Å².